The number of imidazole rings is 1. The molecule has 1 aliphatic heterocycles. The summed E-state index contributed by atoms with van der Waals surface area (Å²) < 4.78 is 14.7. The molecule has 240 valence electrons. The number of ether oxygens (including phenoxy) is 2. The number of benzene rings is 1. The molecule has 1 saturated heterocycles. The molecule has 1 aliphatic rings. The van der Waals surface area contributed by atoms with Gasteiger partial charge in [0.25, 0.3) is 5.56 Å². The number of esters is 1. The number of nitrogens with one attached hydrogen (secondary N) is 1. The molecule has 0 bridgehead atoms. The maximum atomic E-state index is 12.9. The van der Waals surface area contributed by atoms with Crippen molar-refractivity contribution in [3.63, 3.8) is 0 Å². The standard InChI is InChI=1S/C33H47N5O6/c1-20(2)43-31(41)28(22(4)39)34-16-23-11-12-26-27(15-23)38(29(35-26)25-14-21(3)30(40)36(8)19-25)18-24-10-9-13-37(17-24)32(42)44-33(5,6)7/h11-12,14-15,19-20,22,24,28,34,39H,9-10,13,16-18H2,1-8H3/t22?,24-,28?/m0/s1. The van der Waals surface area contributed by atoms with E-state index in [1.807, 2.05) is 45.0 Å². The van der Waals surface area contributed by atoms with E-state index in [4.69, 9.17) is 14.5 Å². The molecule has 0 spiro atoms. The lowest BCUT2D eigenvalue weighted by Gasteiger charge is -2.34. The van der Waals surface area contributed by atoms with Gasteiger partial charge in [-0.05, 0) is 91.0 Å². The third kappa shape index (κ3) is 8.06. The Morgan fingerprint density at radius 3 is 2.55 bits per heavy atom. The van der Waals surface area contributed by atoms with Gasteiger partial charge in [-0.25, -0.2) is 9.78 Å². The number of hydrogen-bond acceptors (Lipinski definition) is 8. The normalized spacial score (nSPS) is 17.1. The van der Waals surface area contributed by atoms with Crippen LogP contribution in [0.25, 0.3) is 22.4 Å². The highest BCUT2D eigenvalue weighted by molar-refractivity contribution is 5.81. The van der Waals surface area contributed by atoms with Crippen LogP contribution in [0.15, 0.2) is 35.3 Å². The number of piperidine rings is 1. The number of aromatic nitrogens is 3. The van der Waals surface area contributed by atoms with E-state index in [1.165, 1.54) is 0 Å². The molecule has 3 aromatic rings. The summed E-state index contributed by atoms with van der Waals surface area (Å²) in [5.41, 5.74) is 3.42. The van der Waals surface area contributed by atoms with Crippen LogP contribution in [0, 0.1) is 12.8 Å². The van der Waals surface area contributed by atoms with Crippen molar-refractivity contribution in [3.05, 3.63) is 51.9 Å². The number of carbonyl (C=O) groups excluding carboxylic acids is 2. The number of carbonyl (C=O) groups is 2. The van der Waals surface area contributed by atoms with E-state index in [2.05, 4.69) is 9.88 Å². The lowest BCUT2D eigenvalue weighted by molar-refractivity contribution is -0.152. The van der Waals surface area contributed by atoms with Gasteiger partial charge in [-0.3, -0.25) is 14.9 Å². The Hall–Kier alpha value is -3.70. The summed E-state index contributed by atoms with van der Waals surface area (Å²) in [6.07, 6.45) is 2.09. The molecule has 3 heterocycles. The molecular weight excluding hydrogens is 562 g/mol. The number of likely N-dealkylation sites (tertiary alicyclic amines) is 1. The van der Waals surface area contributed by atoms with E-state index < -0.39 is 23.7 Å². The number of fused-ring (bicyclic) bond motifs is 1. The van der Waals surface area contributed by atoms with Crippen molar-refractivity contribution >= 4 is 23.1 Å². The van der Waals surface area contributed by atoms with Gasteiger partial charge in [-0.2, -0.15) is 0 Å². The summed E-state index contributed by atoms with van der Waals surface area (Å²) in [4.78, 5) is 44.7. The van der Waals surface area contributed by atoms with E-state index in [-0.39, 0.29) is 23.7 Å². The fraction of sp³-hybridized carbons (Fsp3) is 0.576. The predicted octanol–water partition coefficient (Wildman–Crippen LogP) is 4.15. The fourth-order valence-electron chi connectivity index (χ4n) is 5.63. The van der Waals surface area contributed by atoms with E-state index >= 15 is 0 Å². The van der Waals surface area contributed by atoms with E-state index in [0.29, 0.717) is 31.7 Å². The first-order chi connectivity index (χ1) is 20.6. The van der Waals surface area contributed by atoms with Crippen molar-refractivity contribution < 1.29 is 24.2 Å². The second-order valence-electron chi connectivity index (χ2n) is 13.2. The summed E-state index contributed by atoms with van der Waals surface area (Å²) in [7, 11) is 1.73. The zero-order valence-electron chi connectivity index (χ0n) is 27.2. The van der Waals surface area contributed by atoms with Gasteiger partial charge in [0.1, 0.15) is 17.5 Å². The van der Waals surface area contributed by atoms with Crippen LogP contribution in [-0.4, -0.2) is 73.1 Å². The van der Waals surface area contributed by atoms with Crippen LogP contribution in [0.5, 0.6) is 0 Å². The minimum absolute atomic E-state index is 0.0614. The third-order valence-corrected chi connectivity index (χ3v) is 7.66. The van der Waals surface area contributed by atoms with Crippen molar-refractivity contribution in [2.75, 3.05) is 13.1 Å². The molecule has 11 nitrogen and oxygen atoms in total. The van der Waals surface area contributed by atoms with Gasteiger partial charge in [0.05, 0.1) is 23.2 Å². The summed E-state index contributed by atoms with van der Waals surface area (Å²) in [5.74, 6) is 0.397. The maximum Gasteiger partial charge on any atom is 0.410 e. The monoisotopic (exact) mass is 609 g/mol. The molecule has 2 N–H and O–H groups in total. The van der Waals surface area contributed by atoms with Crippen LogP contribution in [0.2, 0.25) is 0 Å². The third-order valence-electron chi connectivity index (χ3n) is 7.66. The number of hydrogen-bond donors (Lipinski definition) is 2. The van der Waals surface area contributed by atoms with Crippen molar-refractivity contribution in [2.24, 2.45) is 13.0 Å². The first-order valence-corrected chi connectivity index (χ1v) is 15.4. The first kappa shape index (κ1) is 33.2. The van der Waals surface area contributed by atoms with Gasteiger partial charge in [0.15, 0.2) is 0 Å². The summed E-state index contributed by atoms with van der Waals surface area (Å²) in [6.45, 7) is 14.7. The first-order valence-electron chi connectivity index (χ1n) is 15.4. The Morgan fingerprint density at radius 2 is 1.91 bits per heavy atom. The van der Waals surface area contributed by atoms with Crippen molar-refractivity contribution in [1.29, 1.82) is 0 Å². The van der Waals surface area contributed by atoms with Crippen molar-refractivity contribution in [1.82, 2.24) is 24.3 Å². The highest BCUT2D eigenvalue weighted by Gasteiger charge is 2.29. The number of aliphatic hydroxyl groups excluding tert-OH is 1. The van der Waals surface area contributed by atoms with Crippen molar-refractivity contribution in [2.45, 2.75) is 98.2 Å². The topological polar surface area (TPSA) is 128 Å². The van der Waals surface area contributed by atoms with Crippen LogP contribution < -0.4 is 10.9 Å². The smallest absolute Gasteiger partial charge is 0.410 e. The molecule has 0 radical (unpaired) electrons. The Morgan fingerprint density at radius 1 is 1.18 bits per heavy atom. The molecule has 1 aromatic carbocycles. The van der Waals surface area contributed by atoms with Crippen LogP contribution in [0.3, 0.4) is 0 Å². The largest absolute Gasteiger partial charge is 0.462 e. The van der Waals surface area contributed by atoms with Crippen LogP contribution >= 0.6 is 0 Å². The van der Waals surface area contributed by atoms with Crippen LogP contribution in [0.1, 0.15) is 65.5 Å². The van der Waals surface area contributed by atoms with E-state index in [0.717, 1.165) is 40.8 Å². The molecule has 44 heavy (non-hydrogen) atoms. The summed E-state index contributed by atoms with van der Waals surface area (Å²) >= 11 is 0. The molecule has 1 fully saturated rings. The number of aliphatic hydroxyl groups is 1. The van der Waals surface area contributed by atoms with Gasteiger partial charge in [-0.1, -0.05) is 6.07 Å². The fourth-order valence-corrected chi connectivity index (χ4v) is 5.63. The Bertz CT molecular complexity index is 1520. The van der Waals surface area contributed by atoms with Gasteiger partial charge in [-0.15, -0.1) is 0 Å². The zero-order valence-corrected chi connectivity index (χ0v) is 27.2. The minimum atomic E-state index is -0.936. The predicted molar refractivity (Wildman–Crippen MR) is 169 cm³/mol. The molecule has 2 aromatic heterocycles. The molecule has 0 saturated carbocycles. The highest BCUT2D eigenvalue weighted by Crippen LogP contribution is 2.29. The average Bonchev–Trinajstić information content (AvgIpc) is 3.27. The lowest BCUT2D eigenvalue weighted by Crippen LogP contribution is -2.46. The van der Waals surface area contributed by atoms with Gasteiger partial charge >= 0.3 is 12.1 Å². The number of rotatable bonds is 9. The molecule has 1 amide bonds. The number of amides is 1. The maximum absolute atomic E-state index is 12.9. The molecular formula is C33H47N5O6. The highest BCUT2D eigenvalue weighted by atomic mass is 16.6. The van der Waals surface area contributed by atoms with Crippen LogP contribution in [0.4, 0.5) is 4.79 Å². The number of pyridine rings is 1. The van der Waals surface area contributed by atoms with E-state index in [9.17, 15) is 19.5 Å². The molecule has 2 unspecified atom stereocenters. The second-order valence-corrected chi connectivity index (χ2v) is 13.2. The minimum Gasteiger partial charge on any atom is -0.462 e. The second kappa shape index (κ2) is 13.5. The quantitative estimate of drug-likeness (QED) is 0.347. The lowest BCUT2D eigenvalue weighted by atomic mass is 9.98. The summed E-state index contributed by atoms with van der Waals surface area (Å²) in [5, 5.41) is 13.4. The Kier molecular flexibility index (Phi) is 10.2. The average molecular weight is 610 g/mol. The van der Waals surface area contributed by atoms with Crippen molar-refractivity contribution in [3.8, 4) is 11.4 Å². The molecule has 11 heteroatoms. The Balaban J connectivity index is 1.69. The number of nitrogens with zero attached hydrogens (tertiary/aromatic N) is 4. The van der Waals surface area contributed by atoms with Gasteiger partial charge in [0.2, 0.25) is 0 Å². The SMILES string of the molecule is Cc1cc(-c2nc3ccc(CNC(C(=O)OC(C)C)C(C)O)cc3n2C[C@H]2CCCN(C(=O)OC(C)(C)C)C2)cn(C)c1=O. The molecule has 4 rings (SSSR count). The van der Waals surface area contributed by atoms with Gasteiger partial charge in [0, 0.05) is 50.6 Å². The van der Waals surface area contributed by atoms with Gasteiger partial charge < -0.3 is 28.6 Å². The van der Waals surface area contributed by atoms with Crippen LogP contribution in [-0.2, 0) is 34.4 Å². The molecule has 0 aliphatic carbocycles. The summed E-state index contributed by atoms with van der Waals surface area (Å²) in [6, 6.07) is 6.92. The van der Waals surface area contributed by atoms with E-state index in [1.54, 1.807) is 50.4 Å². The Labute approximate surface area is 259 Å². The molecule has 3 atom stereocenters. The zero-order chi connectivity index (χ0) is 32.3. The number of aryl methyl sites for hydroxylation is 2.